The van der Waals surface area contributed by atoms with Crippen LogP contribution in [-0.4, -0.2) is 38.9 Å². The van der Waals surface area contributed by atoms with Gasteiger partial charge in [-0.15, -0.1) is 0 Å². The minimum atomic E-state index is -0.260. The second-order valence-corrected chi connectivity index (χ2v) is 6.42. The molecule has 0 unspecified atom stereocenters. The second kappa shape index (κ2) is 6.64. The Morgan fingerprint density at radius 2 is 2.00 bits per heavy atom. The number of nitrogens with zero attached hydrogens (tertiary/aromatic N) is 3. The minimum Gasteiger partial charge on any atom is -0.460 e. The zero-order valence-corrected chi connectivity index (χ0v) is 14.1. The first-order valence-corrected chi connectivity index (χ1v) is 8.47. The Kier molecular flexibility index (Phi) is 4.19. The van der Waals surface area contributed by atoms with Gasteiger partial charge in [-0.05, 0) is 42.2 Å². The van der Waals surface area contributed by atoms with Gasteiger partial charge in [0.25, 0.3) is 0 Å². The first-order valence-electron chi connectivity index (χ1n) is 8.47. The molecular formula is C19H20N4O2. The topological polar surface area (TPSA) is 71.1 Å². The van der Waals surface area contributed by atoms with Crippen molar-refractivity contribution >= 4 is 17.0 Å². The van der Waals surface area contributed by atoms with Crippen LogP contribution < -0.4 is 0 Å². The van der Waals surface area contributed by atoms with Crippen LogP contribution in [0, 0.1) is 0 Å². The van der Waals surface area contributed by atoms with Crippen molar-refractivity contribution in [1.29, 1.82) is 0 Å². The summed E-state index contributed by atoms with van der Waals surface area (Å²) in [6.45, 7) is 3.82. The van der Waals surface area contributed by atoms with Crippen molar-refractivity contribution in [3.8, 4) is 0 Å². The van der Waals surface area contributed by atoms with Crippen LogP contribution in [0.5, 0.6) is 0 Å². The molecule has 0 fully saturated rings. The van der Waals surface area contributed by atoms with Gasteiger partial charge in [0.15, 0.2) is 0 Å². The largest absolute Gasteiger partial charge is 0.460 e. The van der Waals surface area contributed by atoms with Crippen LogP contribution >= 0.6 is 0 Å². The predicted octanol–water partition coefficient (Wildman–Crippen LogP) is 2.45. The summed E-state index contributed by atoms with van der Waals surface area (Å²) in [5.74, 6) is -0.195. The van der Waals surface area contributed by atoms with Crippen molar-refractivity contribution in [2.45, 2.75) is 32.5 Å². The van der Waals surface area contributed by atoms with Crippen molar-refractivity contribution in [3.63, 3.8) is 0 Å². The standard InChI is InChI=1S/C19H20N4O2/c1-13(23-9-8-15-4-2-3-5-16(15)11-23)19(24)25-12-14-6-7-17-18(10-14)21-22-20-17/h2-7,10,13H,8-9,11-12H2,1H3,(H,20,21,22)/t13-/m1/s1. The van der Waals surface area contributed by atoms with E-state index in [1.165, 1.54) is 11.1 Å². The van der Waals surface area contributed by atoms with Crippen molar-refractivity contribution in [1.82, 2.24) is 20.3 Å². The number of hydrogen-bond donors (Lipinski definition) is 1. The molecule has 0 saturated heterocycles. The van der Waals surface area contributed by atoms with Gasteiger partial charge in [0.1, 0.15) is 23.7 Å². The van der Waals surface area contributed by atoms with Crippen LogP contribution in [0.1, 0.15) is 23.6 Å². The zero-order chi connectivity index (χ0) is 17.2. The highest BCUT2D eigenvalue weighted by Gasteiger charge is 2.26. The number of rotatable bonds is 4. The number of aromatic amines is 1. The van der Waals surface area contributed by atoms with Crippen molar-refractivity contribution in [2.75, 3.05) is 6.54 Å². The number of esters is 1. The van der Waals surface area contributed by atoms with Gasteiger partial charge in [-0.25, -0.2) is 0 Å². The fourth-order valence-corrected chi connectivity index (χ4v) is 3.25. The van der Waals surface area contributed by atoms with Gasteiger partial charge in [0, 0.05) is 13.1 Å². The monoisotopic (exact) mass is 336 g/mol. The molecule has 2 heterocycles. The Bertz CT molecular complexity index is 905. The van der Waals surface area contributed by atoms with E-state index in [0.29, 0.717) is 0 Å². The third-order valence-electron chi connectivity index (χ3n) is 4.81. The predicted molar refractivity (Wildman–Crippen MR) is 93.7 cm³/mol. The molecular weight excluding hydrogens is 316 g/mol. The Morgan fingerprint density at radius 3 is 2.88 bits per heavy atom. The van der Waals surface area contributed by atoms with E-state index in [-0.39, 0.29) is 18.6 Å². The van der Waals surface area contributed by atoms with Gasteiger partial charge in [0.05, 0.1) is 0 Å². The van der Waals surface area contributed by atoms with E-state index in [0.717, 1.165) is 36.1 Å². The van der Waals surface area contributed by atoms with E-state index in [9.17, 15) is 4.79 Å². The maximum absolute atomic E-state index is 12.4. The molecule has 0 radical (unpaired) electrons. The lowest BCUT2D eigenvalue weighted by Crippen LogP contribution is -2.42. The zero-order valence-electron chi connectivity index (χ0n) is 14.1. The van der Waals surface area contributed by atoms with Gasteiger partial charge in [-0.1, -0.05) is 30.3 Å². The summed E-state index contributed by atoms with van der Waals surface area (Å²) < 4.78 is 5.52. The highest BCUT2D eigenvalue weighted by Crippen LogP contribution is 2.21. The average molecular weight is 336 g/mol. The SMILES string of the molecule is C[C@H](C(=O)OCc1ccc2n[nH]nc2c1)N1CCc2ccccc2C1. The van der Waals surface area contributed by atoms with Crippen molar-refractivity contribution in [3.05, 3.63) is 59.2 Å². The molecule has 6 nitrogen and oxygen atoms in total. The molecule has 0 spiro atoms. The molecule has 1 aliphatic rings. The van der Waals surface area contributed by atoms with E-state index in [1.54, 1.807) is 0 Å². The average Bonchev–Trinajstić information content (AvgIpc) is 3.13. The lowest BCUT2D eigenvalue weighted by molar-refractivity contribution is -0.151. The van der Waals surface area contributed by atoms with Crippen LogP contribution in [0.2, 0.25) is 0 Å². The van der Waals surface area contributed by atoms with Gasteiger partial charge in [-0.3, -0.25) is 9.69 Å². The van der Waals surface area contributed by atoms with Crippen molar-refractivity contribution in [2.24, 2.45) is 0 Å². The summed E-state index contributed by atoms with van der Waals surface area (Å²) in [4.78, 5) is 14.6. The fraction of sp³-hybridized carbons (Fsp3) is 0.316. The highest BCUT2D eigenvalue weighted by atomic mass is 16.5. The molecule has 1 aliphatic heterocycles. The first-order chi connectivity index (χ1) is 12.2. The molecule has 1 atom stereocenters. The van der Waals surface area contributed by atoms with Gasteiger partial charge < -0.3 is 4.74 Å². The molecule has 25 heavy (non-hydrogen) atoms. The van der Waals surface area contributed by atoms with E-state index in [2.05, 4.69) is 38.5 Å². The molecule has 1 aromatic heterocycles. The van der Waals surface area contributed by atoms with Crippen LogP contribution in [0.15, 0.2) is 42.5 Å². The Morgan fingerprint density at radius 1 is 1.20 bits per heavy atom. The lowest BCUT2D eigenvalue weighted by Gasteiger charge is -2.32. The summed E-state index contributed by atoms with van der Waals surface area (Å²) in [5, 5.41) is 10.6. The third-order valence-corrected chi connectivity index (χ3v) is 4.81. The Balaban J connectivity index is 1.37. The molecule has 0 amide bonds. The Hall–Kier alpha value is -2.73. The number of H-pyrrole nitrogens is 1. The molecule has 2 aromatic carbocycles. The number of nitrogens with one attached hydrogen (secondary N) is 1. The number of fused-ring (bicyclic) bond motifs is 2. The summed E-state index contributed by atoms with van der Waals surface area (Å²) in [5.41, 5.74) is 5.15. The van der Waals surface area contributed by atoms with Gasteiger partial charge in [-0.2, -0.15) is 15.4 Å². The number of aromatic nitrogens is 3. The minimum absolute atomic E-state index is 0.195. The van der Waals surface area contributed by atoms with E-state index >= 15 is 0 Å². The fourth-order valence-electron chi connectivity index (χ4n) is 3.25. The van der Waals surface area contributed by atoms with Crippen LogP contribution in [-0.2, 0) is 29.1 Å². The van der Waals surface area contributed by atoms with E-state index in [4.69, 9.17) is 4.74 Å². The van der Waals surface area contributed by atoms with Gasteiger partial charge >= 0.3 is 5.97 Å². The molecule has 128 valence electrons. The number of carbonyl (C=O) groups excluding carboxylic acids is 1. The highest BCUT2D eigenvalue weighted by molar-refractivity contribution is 5.76. The summed E-state index contributed by atoms with van der Waals surface area (Å²) >= 11 is 0. The summed E-state index contributed by atoms with van der Waals surface area (Å²) in [6, 6.07) is 13.8. The number of ether oxygens (including phenoxy) is 1. The van der Waals surface area contributed by atoms with Crippen LogP contribution in [0.4, 0.5) is 0 Å². The number of benzene rings is 2. The van der Waals surface area contributed by atoms with Crippen LogP contribution in [0.25, 0.3) is 11.0 Å². The normalized spacial score (nSPS) is 15.7. The maximum Gasteiger partial charge on any atom is 0.323 e. The molecule has 0 aliphatic carbocycles. The molecule has 3 aromatic rings. The third kappa shape index (κ3) is 3.25. The quantitative estimate of drug-likeness (QED) is 0.741. The molecule has 6 heteroatoms. The van der Waals surface area contributed by atoms with E-state index < -0.39 is 0 Å². The smallest absolute Gasteiger partial charge is 0.323 e. The number of carbonyl (C=O) groups is 1. The lowest BCUT2D eigenvalue weighted by atomic mass is 9.99. The summed E-state index contributed by atoms with van der Waals surface area (Å²) in [6.07, 6.45) is 0.969. The Labute approximate surface area is 145 Å². The van der Waals surface area contributed by atoms with Gasteiger partial charge in [0.2, 0.25) is 0 Å². The summed E-state index contributed by atoms with van der Waals surface area (Å²) in [7, 11) is 0. The van der Waals surface area contributed by atoms with Crippen molar-refractivity contribution < 1.29 is 9.53 Å². The first kappa shape index (κ1) is 15.8. The van der Waals surface area contributed by atoms with E-state index in [1.807, 2.05) is 31.2 Å². The molecule has 1 N–H and O–H groups in total. The molecule has 0 saturated carbocycles. The second-order valence-electron chi connectivity index (χ2n) is 6.42. The maximum atomic E-state index is 12.4. The molecule has 0 bridgehead atoms. The van der Waals surface area contributed by atoms with Crippen LogP contribution in [0.3, 0.4) is 0 Å². The number of hydrogen-bond acceptors (Lipinski definition) is 5. The molecule has 4 rings (SSSR count).